The number of carbonyl (C=O) groups excluding carboxylic acids is 1. The van der Waals surface area contributed by atoms with Crippen LogP contribution in [0.1, 0.15) is 44.2 Å². The zero-order valence-electron chi connectivity index (χ0n) is 19.8. The van der Waals surface area contributed by atoms with Gasteiger partial charge in [-0.2, -0.15) is 13.9 Å². The molecule has 0 aromatic carbocycles. The van der Waals surface area contributed by atoms with Crippen LogP contribution in [0, 0.1) is 5.82 Å². The minimum atomic E-state index is -3.20. The van der Waals surface area contributed by atoms with Crippen LogP contribution < -0.4 is 10.1 Å². The third kappa shape index (κ3) is 5.00. The Labute approximate surface area is 204 Å². The lowest BCUT2D eigenvalue weighted by atomic mass is 10.0. The molecule has 10 nitrogen and oxygen atoms in total. The number of hydrogen-bond donors (Lipinski definition) is 2. The first-order chi connectivity index (χ1) is 16.6. The average Bonchev–Trinajstić information content (AvgIpc) is 3.10. The molecule has 1 fully saturated rings. The molecule has 1 atom stereocenters. The van der Waals surface area contributed by atoms with Gasteiger partial charge in [-0.25, -0.2) is 17.8 Å². The Bertz CT molecular complexity index is 1440. The lowest BCUT2D eigenvalue weighted by Gasteiger charge is -2.38. The molecule has 3 aromatic heterocycles. The number of sulfone groups is 1. The van der Waals surface area contributed by atoms with Gasteiger partial charge in [0.2, 0.25) is 5.88 Å². The summed E-state index contributed by atoms with van der Waals surface area (Å²) in [7, 11) is -3.20. The Kier molecular flexibility index (Phi) is 6.23. The number of nitrogens with zero attached hydrogens (tertiary/aromatic N) is 4. The Balaban J connectivity index is 1.82. The van der Waals surface area contributed by atoms with E-state index in [1.54, 1.807) is 27.7 Å². The fourth-order valence-electron chi connectivity index (χ4n) is 4.05. The van der Waals surface area contributed by atoms with Gasteiger partial charge in [-0.1, -0.05) is 0 Å². The van der Waals surface area contributed by atoms with E-state index in [0.717, 1.165) is 12.3 Å². The zero-order valence-corrected chi connectivity index (χ0v) is 20.6. The molecule has 36 heavy (non-hydrogen) atoms. The van der Waals surface area contributed by atoms with Crippen LogP contribution in [0.3, 0.4) is 0 Å². The minimum absolute atomic E-state index is 0.0108. The van der Waals surface area contributed by atoms with Crippen molar-refractivity contribution in [2.45, 2.75) is 51.5 Å². The predicted octanol–water partition coefficient (Wildman–Crippen LogP) is 2.48. The predicted molar refractivity (Wildman–Crippen MR) is 123 cm³/mol. The van der Waals surface area contributed by atoms with E-state index >= 15 is 0 Å². The molecule has 0 radical (unpaired) electrons. The molecule has 0 bridgehead atoms. The van der Waals surface area contributed by atoms with Crippen LogP contribution in [0.2, 0.25) is 0 Å². The molecule has 4 rings (SSSR count). The van der Waals surface area contributed by atoms with Gasteiger partial charge in [-0.05, 0) is 33.8 Å². The first kappa shape index (κ1) is 25.8. The van der Waals surface area contributed by atoms with Gasteiger partial charge in [0.25, 0.3) is 5.91 Å². The molecule has 0 unspecified atom stereocenters. The van der Waals surface area contributed by atoms with E-state index in [1.807, 2.05) is 0 Å². The quantitative estimate of drug-likeness (QED) is 0.478. The van der Waals surface area contributed by atoms with Crippen molar-refractivity contribution >= 4 is 26.6 Å². The third-order valence-electron chi connectivity index (χ3n) is 6.00. The monoisotopic (exact) mass is 527 g/mol. The summed E-state index contributed by atoms with van der Waals surface area (Å²) in [6.07, 6.45) is 1.99. The van der Waals surface area contributed by atoms with E-state index < -0.39 is 51.2 Å². The Morgan fingerprint density at radius 2 is 1.92 bits per heavy atom. The average molecular weight is 528 g/mol. The maximum absolute atomic E-state index is 14.7. The van der Waals surface area contributed by atoms with E-state index in [2.05, 4.69) is 25.1 Å². The standard InChI is InChI=1S/C22H24F3N5O5S/c1-11(21(2,3)32)30-16-6-15(19(31)28-22(4)9-36(33,34)10-22)26-7-13(16)18(29-30)12-5-17(35-20(24)25)27-8-14(12)23/h5-8,11,20,32H,9-10H2,1-4H3,(H,28,31)/t11-/m0/s1. The molecule has 3 aromatic rings. The van der Waals surface area contributed by atoms with Crippen LogP contribution in [-0.4, -0.2) is 68.4 Å². The van der Waals surface area contributed by atoms with Crippen molar-refractivity contribution in [3.8, 4) is 17.1 Å². The highest BCUT2D eigenvalue weighted by Gasteiger charge is 2.46. The molecule has 4 heterocycles. The number of pyridine rings is 2. The van der Waals surface area contributed by atoms with Crippen molar-refractivity contribution in [1.29, 1.82) is 0 Å². The maximum Gasteiger partial charge on any atom is 0.388 e. The number of hydrogen-bond acceptors (Lipinski definition) is 8. The van der Waals surface area contributed by atoms with Gasteiger partial charge in [-0.15, -0.1) is 0 Å². The summed E-state index contributed by atoms with van der Waals surface area (Å²) in [6, 6.07) is 1.68. The zero-order chi connectivity index (χ0) is 26.6. The van der Waals surface area contributed by atoms with Crippen molar-refractivity contribution in [3.63, 3.8) is 0 Å². The number of carbonyl (C=O) groups is 1. The van der Waals surface area contributed by atoms with Gasteiger partial charge in [-0.3, -0.25) is 14.5 Å². The molecule has 0 saturated carbocycles. The van der Waals surface area contributed by atoms with Gasteiger partial charge in [0.15, 0.2) is 15.7 Å². The van der Waals surface area contributed by atoms with E-state index in [-0.39, 0.29) is 33.8 Å². The molecular formula is C22H24F3N5O5S. The molecule has 1 aliphatic rings. The molecule has 194 valence electrons. The van der Waals surface area contributed by atoms with Gasteiger partial charge >= 0.3 is 6.61 Å². The highest BCUT2D eigenvalue weighted by Crippen LogP contribution is 2.35. The second-order valence-corrected chi connectivity index (χ2v) is 11.7. The lowest BCUT2D eigenvalue weighted by molar-refractivity contribution is -0.0528. The number of aliphatic hydroxyl groups is 1. The number of halogens is 3. The molecule has 14 heteroatoms. The van der Waals surface area contributed by atoms with Gasteiger partial charge in [0.1, 0.15) is 11.4 Å². The summed E-state index contributed by atoms with van der Waals surface area (Å²) >= 11 is 0. The third-order valence-corrected chi connectivity index (χ3v) is 8.16. The second-order valence-electron chi connectivity index (χ2n) is 9.64. The van der Waals surface area contributed by atoms with Crippen LogP contribution in [0.25, 0.3) is 22.2 Å². The van der Waals surface area contributed by atoms with Crippen LogP contribution in [0.15, 0.2) is 24.5 Å². The Hall–Kier alpha value is -3.26. The molecule has 2 N–H and O–H groups in total. The van der Waals surface area contributed by atoms with Gasteiger partial charge in [0.05, 0.1) is 40.4 Å². The topological polar surface area (TPSA) is 136 Å². The smallest absolute Gasteiger partial charge is 0.388 e. The molecule has 1 saturated heterocycles. The lowest BCUT2D eigenvalue weighted by Crippen LogP contribution is -2.63. The van der Waals surface area contributed by atoms with Crippen LogP contribution in [-0.2, 0) is 9.84 Å². The number of amides is 1. The first-order valence-electron chi connectivity index (χ1n) is 10.8. The van der Waals surface area contributed by atoms with E-state index in [9.17, 15) is 31.5 Å². The van der Waals surface area contributed by atoms with Gasteiger partial charge in [0, 0.05) is 23.2 Å². The number of aromatic nitrogens is 4. The molecule has 1 amide bonds. The maximum atomic E-state index is 14.7. The SMILES string of the molecule is C[C@H](n1nc(-c2cc(OC(F)F)ncc2F)c2cnc(C(=O)NC3(C)CS(=O)(=O)C3)cc21)C(C)(C)O. The van der Waals surface area contributed by atoms with Gasteiger partial charge < -0.3 is 15.2 Å². The summed E-state index contributed by atoms with van der Waals surface area (Å²) in [5.74, 6) is -2.40. The molecule has 1 aliphatic heterocycles. The fraction of sp³-hybridized carbons (Fsp3) is 0.455. The van der Waals surface area contributed by atoms with Crippen molar-refractivity contribution in [2.24, 2.45) is 0 Å². The van der Waals surface area contributed by atoms with E-state index in [1.165, 1.54) is 16.9 Å². The van der Waals surface area contributed by atoms with Crippen molar-refractivity contribution in [3.05, 3.63) is 36.0 Å². The second kappa shape index (κ2) is 8.69. The van der Waals surface area contributed by atoms with E-state index in [0.29, 0.717) is 5.52 Å². The Morgan fingerprint density at radius 1 is 1.25 bits per heavy atom. The normalized spacial score (nSPS) is 17.6. The molecular weight excluding hydrogens is 503 g/mol. The van der Waals surface area contributed by atoms with Crippen LogP contribution in [0.4, 0.5) is 13.2 Å². The molecule has 0 aliphatic carbocycles. The van der Waals surface area contributed by atoms with Crippen molar-refractivity contribution in [1.82, 2.24) is 25.1 Å². The summed E-state index contributed by atoms with van der Waals surface area (Å²) < 4.78 is 68.9. The summed E-state index contributed by atoms with van der Waals surface area (Å²) in [5, 5.41) is 18.0. The molecule has 0 spiro atoms. The first-order valence-corrected chi connectivity index (χ1v) is 12.6. The number of alkyl halides is 2. The highest BCUT2D eigenvalue weighted by molar-refractivity contribution is 7.93. The van der Waals surface area contributed by atoms with Crippen LogP contribution >= 0.6 is 0 Å². The largest absolute Gasteiger partial charge is 0.417 e. The minimum Gasteiger partial charge on any atom is -0.417 e. The van der Waals surface area contributed by atoms with Crippen molar-refractivity contribution < 1.29 is 36.2 Å². The number of nitrogens with one attached hydrogen (secondary N) is 1. The number of fused-ring (bicyclic) bond motifs is 1. The number of ether oxygens (including phenoxy) is 1. The fourth-order valence-corrected chi connectivity index (χ4v) is 6.05. The summed E-state index contributed by atoms with van der Waals surface area (Å²) in [5.41, 5.74) is -2.16. The summed E-state index contributed by atoms with van der Waals surface area (Å²) in [4.78, 5) is 20.5. The summed E-state index contributed by atoms with van der Waals surface area (Å²) in [6.45, 7) is 3.17. The number of rotatable bonds is 7. The van der Waals surface area contributed by atoms with Crippen LogP contribution in [0.5, 0.6) is 5.88 Å². The van der Waals surface area contributed by atoms with Crippen molar-refractivity contribution in [2.75, 3.05) is 11.5 Å². The van der Waals surface area contributed by atoms with E-state index in [4.69, 9.17) is 0 Å². The Morgan fingerprint density at radius 3 is 2.50 bits per heavy atom. The highest BCUT2D eigenvalue weighted by atomic mass is 32.2.